The highest BCUT2D eigenvalue weighted by Gasteiger charge is 2.29. The van der Waals surface area contributed by atoms with Gasteiger partial charge in [-0.1, -0.05) is 65.1 Å². The summed E-state index contributed by atoms with van der Waals surface area (Å²) >= 11 is 16.6. The molecular weight excluding hydrogens is 242 g/mol. The average molecular weight is 254 g/mol. The number of hydrogen-bond donors (Lipinski definition) is 1. The number of aliphatic hydroxyl groups is 1. The smallest absolute Gasteiger partial charge is 0.216 e. The van der Waals surface area contributed by atoms with Gasteiger partial charge in [-0.05, 0) is 18.4 Å². The lowest BCUT2D eigenvalue weighted by Crippen LogP contribution is -2.25. The maximum Gasteiger partial charge on any atom is 0.216 e. The van der Waals surface area contributed by atoms with Crippen molar-refractivity contribution in [1.82, 2.24) is 0 Å². The van der Waals surface area contributed by atoms with Gasteiger partial charge in [0.25, 0.3) is 0 Å². The minimum Gasteiger partial charge on any atom is -0.389 e. The van der Waals surface area contributed by atoms with E-state index in [0.29, 0.717) is 12.8 Å². The Morgan fingerprint density at radius 2 is 1.71 bits per heavy atom. The number of halogens is 3. The standard InChI is InChI=1S/C10H11Cl3O/c11-10(12,13)9(14)7-6-8-4-2-1-3-5-8/h1-5,9,14H,6-7H2. The molecule has 0 radical (unpaired) electrons. The molecule has 1 rings (SSSR count). The van der Waals surface area contributed by atoms with Gasteiger partial charge in [0.2, 0.25) is 3.79 Å². The minimum atomic E-state index is -1.59. The number of hydrogen-bond acceptors (Lipinski definition) is 1. The third-order valence-electron chi connectivity index (χ3n) is 1.93. The lowest BCUT2D eigenvalue weighted by molar-refractivity contribution is 0.169. The van der Waals surface area contributed by atoms with Crippen LogP contribution in [0, 0.1) is 0 Å². The van der Waals surface area contributed by atoms with Crippen LogP contribution in [0.1, 0.15) is 12.0 Å². The molecule has 1 nitrogen and oxygen atoms in total. The lowest BCUT2D eigenvalue weighted by Gasteiger charge is -2.18. The zero-order valence-corrected chi connectivity index (χ0v) is 9.73. The fourth-order valence-electron chi connectivity index (χ4n) is 1.11. The molecule has 0 aromatic heterocycles. The molecule has 1 aromatic carbocycles. The Bertz CT molecular complexity index is 268. The molecule has 0 spiro atoms. The van der Waals surface area contributed by atoms with Crippen LogP contribution in [0.4, 0.5) is 0 Å². The Morgan fingerprint density at radius 1 is 1.14 bits per heavy atom. The summed E-state index contributed by atoms with van der Waals surface area (Å²) in [7, 11) is 0. The van der Waals surface area contributed by atoms with Crippen molar-refractivity contribution in [3.8, 4) is 0 Å². The average Bonchev–Trinajstić information content (AvgIpc) is 2.14. The number of aryl methyl sites for hydroxylation is 1. The summed E-state index contributed by atoms with van der Waals surface area (Å²) in [5.74, 6) is 0. The third-order valence-corrected chi connectivity index (χ3v) is 2.68. The quantitative estimate of drug-likeness (QED) is 0.819. The van der Waals surface area contributed by atoms with E-state index in [0.717, 1.165) is 5.56 Å². The second-order valence-electron chi connectivity index (χ2n) is 3.08. The third kappa shape index (κ3) is 4.05. The van der Waals surface area contributed by atoms with Crippen LogP contribution in [-0.4, -0.2) is 15.0 Å². The second kappa shape index (κ2) is 5.22. The van der Waals surface area contributed by atoms with Crippen LogP contribution < -0.4 is 0 Å². The SMILES string of the molecule is OC(CCc1ccccc1)C(Cl)(Cl)Cl. The van der Waals surface area contributed by atoms with Crippen molar-refractivity contribution < 1.29 is 5.11 Å². The van der Waals surface area contributed by atoms with E-state index in [1.807, 2.05) is 30.3 Å². The molecule has 0 saturated heterocycles. The van der Waals surface area contributed by atoms with Gasteiger partial charge in [0, 0.05) is 0 Å². The Hall–Kier alpha value is 0.0500. The van der Waals surface area contributed by atoms with Crippen LogP contribution in [0.15, 0.2) is 30.3 Å². The molecule has 14 heavy (non-hydrogen) atoms. The van der Waals surface area contributed by atoms with E-state index in [-0.39, 0.29) is 0 Å². The monoisotopic (exact) mass is 252 g/mol. The molecule has 0 fully saturated rings. The molecule has 1 N–H and O–H groups in total. The van der Waals surface area contributed by atoms with Gasteiger partial charge >= 0.3 is 0 Å². The Labute approximate surface area is 98.6 Å². The Kier molecular flexibility index (Phi) is 4.52. The zero-order valence-electron chi connectivity index (χ0n) is 7.46. The Morgan fingerprint density at radius 3 is 2.21 bits per heavy atom. The van der Waals surface area contributed by atoms with Crippen LogP contribution in [-0.2, 0) is 6.42 Å². The highest BCUT2D eigenvalue weighted by Crippen LogP contribution is 2.32. The predicted octanol–water partition coefficient (Wildman–Crippen LogP) is 3.35. The summed E-state index contributed by atoms with van der Waals surface area (Å²) in [4.78, 5) is 0. The number of alkyl halides is 3. The predicted molar refractivity (Wildman–Crippen MR) is 61.1 cm³/mol. The van der Waals surface area contributed by atoms with Crippen molar-refractivity contribution in [2.75, 3.05) is 0 Å². The van der Waals surface area contributed by atoms with E-state index in [1.54, 1.807) is 0 Å². The van der Waals surface area contributed by atoms with Crippen LogP contribution in [0.5, 0.6) is 0 Å². The van der Waals surface area contributed by atoms with Gasteiger partial charge in [-0.2, -0.15) is 0 Å². The highest BCUT2D eigenvalue weighted by molar-refractivity contribution is 6.68. The number of aliphatic hydroxyl groups excluding tert-OH is 1. The number of rotatable bonds is 3. The summed E-state index contributed by atoms with van der Waals surface area (Å²) in [5.41, 5.74) is 1.13. The van der Waals surface area contributed by atoms with E-state index in [2.05, 4.69) is 0 Å². The van der Waals surface area contributed by atoms with Gasteiger partial charge in [-0.3, -0.25) is 0 Å². The van der Waals surface area contributed by atoms with Crippen molar-refractivity contribution >= 4 is 34.8 Å². The summed E-state index contributed by atoms with van der Waals surface area (Å²) < 4.78 is -1.59. The van der Waals surface area contributed by atoms with Gasteiger partial charge in [0.15, 0.2) is 0 Å². The topological polar surface area (TPSA) is 20.2 Å². The summed E-state index contributed by atoms with van der Waals surface area (Å²) in [6.45, 7) is 0. The first-order chi connectivity index (χ1) is 6.50. The lowest BCUT2D eigenvalue weighted by atomic mass is 10.1. The molecule has 0 aliphatic heterocycles. The fourth-order valence-corrected chi connectivity index (χ4v) is 1.44. The van der Waals surface area contributed by atoms with Crippen LogP contribution >= 0.6 is 34.8 Å². The molecule has 1 atom stereocenters. The summed E-state index contributed by atoms with van der Waals surface area (Å²) in [5, 5.41) is 9.45. The molecule has 1 unspecified atom stereocenters. The highest BCUT2D eigenvalue weighted by atomic mass is 35.6. The first kappa shape index (κ1) is 12.1. The van der Waals surface area contributed by atoms with Crippen molar-refractivity contribution in [1.29, 1.82) is 0 Å². The van der Waals surface area contributed by atoms with Gasteiger partial charge in [-0.25, -0.2) is 0 Å². The van der Waals surface area contributed by atoms with Gasteiger partial charge < -0.3 is 5.11 Å². The van der Waals surface area contributed by atoms with Crippen molar-refractivity contribution in [3.63, 3.8) is 0 Å². The fraction of sp³-hybridized carbons (Fsp3) is 0.400. The molecule has 1 aromatic rings. The van der Waals surface area contributed by atoms with E-state index in [9.17, 15) is 5.11 Å². The molecule has 0 aliphatic rings. The van der Waals surface area contributed by atoms with Gasteiger partial charge in [0.05, 0.1) is 0 Å². The zero-order chi connectivity index (χ0) is 10.6. The molecule has 0 amide bonds. The molecule has 0 aliphatic carbocycles. The van der Waals surface area contributed by atoms with E-state index < -0.39 is 9.90 Å². The van der Waals surface area contributed by atoms with Crippen molar-refractivity contribution in [2.45, 2.75) is 22.7 Å². The van der Waals surface area contributed by atoms with Crippen molar-refractivity contribution in [2.24, 2.45) is 0 Å². The van der Waals surface area contributed by atoms with Gasteiger partial charge in [0.1, 0.15) is 6.10 Å². The van der Waals surface area contributed by atoms with Crippen molar-refractivity contribution in [3.05, 3.63) is 35.9 Å². The molecule has 4 heteroatoms. The molecule has 0 saturated carbocycles. The minimum absolute atomic E-state index is 0.445. The maximum atomic E-state index is 9.45. The number of benzene rings is 1. The van der Waals surface area contributed by atoms with Gasteiger partial charge in [-0.15, -0.1) is 0 Å². The largest absolute Gasteiger partial charge is 0.389 e. The maximum absolute atomic E-state index is 9.45. The molecule has 78 valence electrons. The summed E-state index contributed by atoms with van der Waals surface area (Å²) in [6.07, 6.45) is 0.226. The molecule has 0 bridgehead atoms. The van der Waals surface area contributed by atoms with Crippen LogP contribution in [0.2, 0.25) is 0 Å². The Balaban J connectivity index is 2.42. The van der Waals surface area contributed by atoms with Crippen LogP contribution in [0.25, 0.3) is 0 Å². The van der Waals surface area contributed by atoms with E-state index in [1.165, 1.54) is 0 Å². The second-order valence-corrected chi connectivity index (χ2v) is 5.45. The normalized spacial score (nSPS) is 14.0. The van der Waals surface area contributed by atoms with Crippen LogP contribution in [0.3, 0.4) is 0 Å². The first-order valence-electron chi connectivity index (χ1n) is 4.29. The molecule has 0 heterocycles. The van der Waals surface area contributed by atoms with E-state index >= 15 is 0 Å². The summed E-state index contributed by atoms with van der Waals surface area (Å²) in [6, 6.07) is 9.78. The molecular formula is C10H11Cl3O. The first-order valence-corrected chi connectivity index (χ1v) is 5.42. The van der Waals surface area contributed by atoms with E-state index in [4.69, 9.17) is 34.8 Å².